The van der Waals surface area contributed by atoms with Gasteiger partial charge in [-0.05, 0) is 44.3 Å². The van der Waals surface area contributed by atoms with Gasteiger partial charge < -0.3 is 20.4 Å². The van der Waals surface area contributed by atoms with E-state index in [9.17, 15) is 4.79 Å². The number of piperidine rings is 1. The molecule has 1 heterocycles. The Hall–Kier alpha value is -2.41. The number of carbonyl (C=O) groups is 3. The van der Waals surface area contributed by atoms with Crippen molar-refractivity contribution >= 4 is 17.8 Å². The first-order valence-corrected chi connectivity index (χ1v) is 9.24. The Morgan fingerprint density at radius 2 is 1.56 bits per heavy atom. The number of likely N-dealkylation sites (tertiary alicyclic amines) is 1. The van der Waals surface area contributed by atoms with E-state index in [-0.39, 0.29) is 17.9 Å². The summed E-state index contributed by atoms with van der Waals surface area (Å²) in [6, 6.07) is 10.3. The molecule has 2 rings (SSSR count). The number of benzene rings is 1. The van der Waals surface area contributed by atoms with E-state index in [1.165, 1.54) is 5.56 Å². The molecule has 27 heavy (non-hydrogen) atoms. The minimum atomic E-state index is -1.82. The molecule has 1 aliphatic heterocycles. The monoisotopic (exact) mass is 378 g/mol. The van der Waals surface area contributed by atoms with Crippen LogP contribution in [0.25, 0.3) is 0 Å². The van der Waals surface area contributed by atoms with Crippen LogP contribution in [0.4, 0.5) is 0 Å². The number of nitrogens with one attached hydrogen (secondary N) is 1. The molecule has 0 spiro atoms. The highest BCUT2D eigenvalue weighted by atomic mass is 16.4. The van der Waals surface area contributed by atoms with Crippen LogP contribution in [-0.2, 0) is 14.4 Å². The molecule has 1 amide bonds. The van der Waals surface area contributed by atoms with Gasteiger partial charge in [0.05, 0.1) is 6.04 Å². The highest BCUT2D eigenvalue weighted by molar-refractivity contribution is 6.27. The van der Waals surface area contributed by atoms with Crippen molar-refractivity contribution in [1.82, 2.24) is 10.2 Å². The number of carboxylic acids is 2. The fourth-order valence-electron chi connectivity index (χ4n) is 3.05. The number of hydrogen-bond donors (Lipinski definition) is 3. The van der Waals surface area contributed by atoms with Gasteiger partial charge in [0, 0.05) is 12.5 Å². The van der Waals surface area contributed by atoms with Crippen LogP contribution in [0.2, 0.25) is 0 Å². The highest BCUT2D eigenvalue weighted by Gasteiger charge is 2.26. The van der Waals surface area contributed by atoms with E-state index in [4.69, 9.17) is 19.8 Å². The summed E-state index contributed by atoms with van der Waals surface area (Å²) in [5.41, 5.74) is 1.17. The minimum Gasteiger partial charge on any atom is -0.473 e. The van der Waals surface area contributed by atoms with E-state index in [0.29, 0.717) is 5.92 Å². The van der Waals surface area contributed by atoms with E-state index in [2.05, 4.69) is 43.1 Å². The van der Waals surface area contributed by atoms with Crippen molar-refractivity contribution in [2.24, 2.45) is 11.8 Å². The van der Waals surface area contributed by atoms with Crippen molar-refractivity contribution in [2.75, 3.05) is 19.6 Å². The zero-order chi connectivity index (χ0) is 20.4. The number of aliphatic carboxylic acids is 2. The van der Waals surface area contributed by atoms with Gasteiger partial charge in [-0.3, -0.25) is 4.79 Å². The molecule has 1 fully saturated rings. The maximum atomic E-state index is 12.4. The SMILES string of the molecule is CC(C)CN1CCC(C(=O)NC(C)c2ccccc2)CC1.O=C(O)C(=O)O. The summed E-state index contributed by atoms with van der Waals surface area (Å²) in [6.07, 6.45) is 1.97. The summed E-state index contributed by atoms with van der Waals surface area (Å²) in [6.45, 7) is 9.81. The fraction of sp³-hybridized carbons (Fsp3) is 0.550. The van der Waals surface area contributed by atoms with Crippen LogP contribution in [0.15, 0.2) is 30.3 Å². The Bertz CT molecular complexity index is 598. The summed E-state index contributed by atoms with van der Waals surface area (Å²) in [5.74, 6) is -2.55. The lowest BCUT2D eigenvalue weighted by atomic mass is 9.94. The lowest BCUT2D eigenvalue weighted by Gasteiger charge is -2.32. The Morgan fingerprint density at radius 3 is 2.00 bits per heavy atom. The number of amides is 1. The zero-order valence-electron chi connectivity index (χ0n) is 16.2. The van der Waals surface area contributed by atoms with Gasteiger partial charge >= 0.3 is 11.9 Å². The van der Waals surface area contributed by atoms with Gasteiger partial charge in [-0.1, -0.05) is 44.2 Å². The molecule has 7 nitrogen and oxygen atoms in total. The van der Waals surface area contributed by atoms with Gasteiger partial charge in [0.25, 0.3) is 0 Å². The maximum Gasteiger partial charge on any atom is 0.414 e. The summed E-state index contributed by atoms with van der Waals surface area (Å²) < 4.78 is 0. The van der Waals surface area contributed by atoms with Crippen LogP contribution in [0.3, 0.4) is 0 Å². The number of rotatable bonds is 5. The van der Waals surface area contributed by atoms with Crippen molar-refractivity contribution in [1.29, 1.82) is 0 Å². The van der Waals surface area contributed by atoms with Crippen molar-refractivity contribution in [3.8, 4) is 0 Å². The molecule has 0 aromatic heterocycles. The van der Waals surface area contributed by atoms with E-state index < -0.39 is 11.9 Å². The average molecular weight is 378 g/mol. The number of carboxylic acid groups (broad SMARTS) is 2. The molecule has 0 aliphatic carbocycles. The molecule has 0 saturated carbocycles. The van der Waals surface area contributed by atoms with Crippen LogP contribution in [0, 0.1) is 11.8 Å². The molecule has 0 radical (unpaired) electrons. The van der Waals surface area contributed by atoms with E-state index in [1.54, 1.807) is 0 Å². The van der Waals surface area contributed by atoms with Crippen LogP contribution in [0.1, 0.15) is 45.2 Å². The maximum absolute atomic E-state index is 12.4. The third-order valence-corrected chi connectivity index (χ3v) is 4.42. The quantitative estimate of drug-likeness (QED) is 0.679. The van der Waals surface area contributed by atoms with Crippen molar-refractivity contribution in [2.45, 2.75) is 39.7 Å². The molecule has 1 aromatic rings. The first kappa shape index (κ1) is 22.6. The van der Waals surface area contributed by atoms with E-state index in [0.717, 1.165) is 32.5 Å². The van der Waals surface area contributed by atoms with Gasteiger partial charge in [-0.2, -0.15) is 0 Å². The van der Waals surface area contributed by atoms with Crippen LogP contribution < -0.4 is 5.32 Å². The van der Waals surface area contributed by atoms with Crippen molar-refractivity contribution in [3.05, 3.63) is 35.9 Å². The molecule has 1 atom stereocenters. The molecule has 1 aromatic carbocycles. The standard InChI is InChI=1S/C18H28N2O.C2H2O4/c1-14(2)13-20-11-9-17(10-12-20)18(21)19-15(3)16-7-5-4-6-8-16;3-1(4)2(5)6/h4-8,14-15,17H,9-13H2,1-3H3,(H,19,21);(H,3,4)(H,5,6). The highest BCUT2D eigenvalue weighted by Crippen LogP contribution is 2.20. The van der Waals surface area contributed by atoms with E-state index >= 15 is 0 Å². The second-order valence-corrected chi connectivity index (χ2v) is 7.22. The molecular formula is C20H30N2O5. The van der Waals surface area contributed by atoms with Gasteiger partial charge in [0.15, 0.2) is 0 Å². The largest absolute Gasteiger partial charge is 0.473 e. The summed E-state index contributed by atoms with van der Waals surface area (Å²) in [4.78, 5) is 33.1. The molecule has 1 aliphatic rings. The fourth-order valence-corrected chi connectivity index (χ4v) is 3.05. The second kappa shape index (κ2) is 11.3. The molecule has 7 heteroatoms. The average Bonchev–Trinajstić information content (AvgIpc) is 2.63. The normalized spacial score (nSPS) is 16.1. The lowest BCUT2D eigenvalue weighted by molar-refractivity contribution is -0.159. The second-order valence-electron chi connectivity index (χ2n) is 7.22. The Balaban J connectivity index is 0.000000527. The van der Waals surface area contributed by atoms with Gasteiger partial charge in [-0.15, -0.1) is 0 Å². The molecule has 1 unspecified atom stereocenters. The summed E-state index contributed by atoms with van der Waals surface area (Å²) in [5, 5.41) is 17.9. The Labute approximate surface area is 160 Å². The Kier molecular flexibility index (Phi) is 9.50. The number of hydrogen-bond acceptors (Lipinski definition) is 4. The number of nitrogens with zero attached hydrogens (tertiary/aromatic N) is 1. The first-order chi connectivity index (χ1) is 12.7. The third-order valence-electron chi connectivity index (χ3n) is 4.42. The van der Waals surface area contributed by atoms with Gasteiger partial charge in [-0.25, -0.2) is 9.59 Å². The first-order valence-electron chi connectivity index (χ1n) is 9.24. The van der Waals surface area contributed by atoms with Gasteiger partial charge in [0.1, 0.15) is 0 Å². The van der Waals surface area contributed by atoms with Crippen LogP contribution in [0.5, 0.6) is 0 Å². The molecule has 3 N–H and O–H groups in total. The predicted octanol–water partition coefficient (Wildman–Crippen LogP) is 2.39. The third kappa shape index (κ3) is 8.68. The number of carbonyl (C=O) groups excluding carboxylic acids is 1. The van der Waals surface area contributed by atoms with Crippen molar-refractivity contribution in [3.63, 3.8) is 0 Å². The molecule has 150 valence electrons. The van der Waals surface area contributed by atoms with Gasteiger partial charge in [0.2, 0.25) is 5.91 Å². The molecular weight excluding hydrogens is 348 g/mol. The van der Waals surface area contributed by atoms with Crippen LogP contribution >= 0.6 is 0 Å². The van der Waals surface area contributed by atoms with E-state index in [1.807, 2.05) is 18.2 Å². The lowest BCUT2D eigenvalue weighted by Crippen LogP contribution is -2.42. The smallest absolute Gasteiger partial charge is 0.414 e. The predicted molar refractivity (Wildman–Crippen MR) is 102 cm³/mol. The summed E-state index contributed by atoms with van der Waals surface area (Å²) >= 11 is 0. The topological polar surface area (TPSA) is 107 Å². The van der Waals surface area contributed by atoms with Crippen molar-refractivity contribution < 1.29 is 24.6 Å². The summed E-state index contributed by atoms with van der Waals surface area (Å²) in [7, 11) is 0. The van der Waals surface area contributed by atoms with Crippen LogP contribution in [-0.4, -0.2) is 52.6 Å². The molecule has 0 bridgehead atoms. The molecule has 1 saturated heterocycles. The Morgan fingerprint density at radius 1 is 1.04 bits per heavy atom. The zero-order valence-corrected chi connectivity index (χ0v) is 16.2. The minimum absolute atomic E-state index is 0.0902.